The summed E-state index contributed by atoms with van der Waals surface area (Å²) in [5, 5.41) is 4.30. The molecule has 0 bridgehead atoms. The van der Waals surface area contributed by atoms with Gasteiger partial charge in [-0.15, -0.1) is 0 Å². The largest absolute Gasteiger partial charge is 0.369 e. The lowest BCUT2D eigenvalue weighted by Gasteiger charge is -2.35. The van der Waals surface area contributed by atoms with Crippen molar-refractivity contribution in [3.63, 3.8) is 0 Å². The van der Waals surface area contributed by atoms with Gasteiger partial charge in [-0.3, -0.25) is 4.68 Å². The monoisotopic (exact) mass is 305 g/mol. The molecular weight excluding hydrogens is 284 g/mol. The Labute approximate surface area is 129 Å². The molecule has 0 aliphatic carbocycles. The Morgan fingerprint density at radius 1 is 1.23 bits per heavy atom. The number of benzene rings is 1. The van der Waals surface area contributed by atoms with Crippen molar-refractivity contribution in [2.75, 3.05) is 11.4 Å². The average Bonchev–Trinajstić information content (AvgIpc) is 2.91. The molecular formula is C17H21F2N3. The molecule has 0 unspecified atom stereocenters. The predicted octanol–water partition coefficient (Wildman–Crippen LogP) is 4.19. The third-order valence-electron chi connectivity index (χ3n) is 4.25. The van der Waals surface area contributed by atoms with Crippen molar-refractivity contribution in [3.8, 4) is 11.3 Å². The highest BCUT2D eigenvalue weighted by Gasteiger charge is 2.25. The van der Waals surface area contributed by atoms with Crippen molar-refractivity contribution < 1.29 is 8.78 Å². The minimum absolute atomic E-state index is 0.0741. The average molecular weight is 305 g/mol. The van der Waals surface area contributed by atoms with Gasteiger partial charge in [-0.1, -0.05) is 0 Å². The maximum Gasteiger partial charge on any atom is 0.264 e. The zero-order valence-corrected chi connectivity index (χ0v) is 13.2. The van der Waals surface area contributed by atoms with Crippen LogP contribution in [0.1, 0.15) is 37.8 Å². The van der Waals surface area contributed by atoms with E-state index in [-0.39, 0.29) is 5.56 Å². The van der Waals surface area contributed by atoms with Crippen LogP contribution in [0.5, 0.6) is 0 Å². The van der Waals surface area contributed by atoms with Gasteiger partial charge < -0.3 is 4.90 Å². The van der Waals surface area contributed by atoms with E-state index in [0.717, 1.165) is 30.6 Å². The fourth-order valence-electron chi connectivity index (χ4n) is 3.17. The number of halogens is 2. The first-order valence-electron chi connectivity index (χ1n) is 7.69. The predicted molar refractivity (Wildman–Crippen MR) is 84.4 cm³/mol. The molecule has 0 saturated heterocycles. The highest BCUT2D eigenvalue weighted by Crippen LogP contribution is 2.38. The molecule has 5 heteroatoms. The van der Waals surface area contributed by atoms with Crippen LogP contribution in [0.15, 0.2) is 24.4 Å². The lowest BCUT2D eigenvalue weighted by Crippen LogP contribution is -2.35. The number of alkyl halides is 2. The number of fused-ring (bicyclic) bond motifs is 1. The van der Waals surface area contributed by atoms with Crippen molar-refractivity contribution in [2.24, 2.45) is 7.05 Å². The summed E-state index contributed by atoms with van der Waals surface area (Å²) < 4.78 is 28.8. The second-order valence-electron chi connectivity index (χ2n) is 6.13. The minimum Gasteiger partial charge on any atom is -0.369 e. The van der Waals surface area contributed by atoms with Crippen LogP contribution in [0.3, 0.4) is 0 Å². The third kappa shape index (κ3) is 2.60. The van der Waals surface area contributed by atoms with Crippen LogP contribution in [0.4, 0.5) is 14.5 Å². The Morgan fingerprint density at radius 2 is 2.00 bits per heavy atom. The first kappa shape index (κ1) is 15.0. The summed E-state index contributed by atoms with van der Waals surface area (Å²) in [6.07, 6.45) is 1.27. The Hall–Kier alpha value is -1.91. The highest BCUT2D eigenvalue weighted by molar-refractivity contribution is 5.72. The van der Waals surface area contributed by atoms with E-state index in [1.54, 1.807) is 30.1 Å². The van der Waals surface area contributed by atoms with E-state index < -0.39 is 6.43 Å². The van der Waals surface area contributed by atoms with Gasteiger partial charge in [-0.05, 0) is 50.5 Å². The highest BCUT2D eigenvalue weighted by atomic mass is 19.3. The minimum atomic E-state index is -2.50. The first-order valence-corrected chi connectivity index (χ1v) is 7.69. The van der Waals surface area contributed by atoms with E-state index in [2.05, 4.69) is 23.8 Å². The summed E-state index contributed by atoms with van der Waals surface area (Å²) >= 11 is 0. The van der Waals surface area contributed by atoms with Gasteiger partial charge in [-0.2, -0.15) is 5.10 Å². The molecule has 2 heterocycles. The van der Waals surface area contributed by atoms with E-state index in [1.807, 2.05) is 6.07 Å². The van der Waals surface area contributed by atoms with E-state index in [4.69, 9.17) is 0 Å². The zero-order chi connectivity index (χ0) is 15.9. The van der Waals surface area contributed by atoms with E-state index in [0.29, 0.717) is 17.3 Å². The number of rotatable bonds is 3. The van der Waals surface area contributed by atoms with Crippen LogP contribution >= 0.6 is 0 Å². The van der Waals surface area contributed by atoms with Gasteiger partial charge in [0.1, 0.15) is 0 Å². The molecule has 1 aromatic heterocycles. The molecule has 1 aliphatic rings. The summed E-state index contributed by atoms with van der Waals surface area (Å²) in [5.74, 6) is 0. The third-order valence-corrected chi connectivity index (χ3v) is 4.25. The van der Waals surface area contributed by atoms with Gasteiger partial charge in [-0.25, -0.2) is 8.78 Å². The maximum absolute atomic E-state index is 13.6. The standard InChI is InChI=1S/C17H21F2N3/c1-11(2)22-7-4-5-12-9-13(15-6-8-21(3)20-15)14(17(18)19)10-16(12)22/h6,8-11,17H,4-5,7H2,1-3H3. The second-order valence-corrected chi connectivity index (χ2v) is 6.13. The van der Waals surface area contributed by atoms with Gasteiger partial charge in [0.2, 0.25) is 0 Å². The van der Waals surface area contributed by atoms with Crippen molar-refractivity contribution in [2.45, 2.75) is 39.2 Å². The molecule has 2 aromatic rings. The maximum atomic E-state index is 13.6. The molecule has 0 N–H and O–H groups in total. The summed E-state index contributed by atoms with van der Waals surface area (Å²) in [6, 6.07) is 5.68. The van der Waals surface area contributed by atoms with Crippen LogP contribution < -0.4 is 4.90 Å². The Morgan fingerprint density at radius 3 is 2.59 bits per heavy atom. The molecule has 1 aromatic carbocycles. The molecule has 0 spiro atoms. The molecule has 118 valence electrons. The quantitative estimate of drug-likeness (QED) is 0.848. The van der Waals surface area contributed by atoms with Gasteiger partial charge >= 0.3 is 0 Å². The van der Waals surface area contributed by atoms with Gasteiger partial charge in [0, 0.05) is 42.6 Å². The van der Waals surface area contributed by atoms with Crippen molar-refractivity contribution >= 4 is 5.69 Å². The number of anilines is 1. The first-order chi connectivity index (χ1) is 10.5. The molecule has 0 saturated carbocycles. The Kier molecular flexibility index (Phi) is 3.89. The van der Waals surface area contributed by atoms with E-state index >= 15 is 0 Å². The lowest BCUT2D eigenvalue weighted by molar-refractivity contribution is 0.152. The van der Waals surface area contributed by atoms with E-state index in [9.17, 15) is 8.78 Å². The van der Waals surface area contributed by atoms with Crippen molar-refractivity contribution in [1.82, 2.24) is 9.78 Å². The number of hydrogen-bond donors (Lipinski definition) is 0. The number of nitrogens with zero attached hydrogens (tertiary/aromatic N) is 3. The van der Waals surface area contributed by atoms with Gasteiger partial charge in [0.15, 0.2) is 0 Å². The van der Waals surface area contributed by atoms with Crippen LogP contribution in [-0.4, -0.2) is 22.4 Å². The van der Waals surface area contributed by atoms with Crippen molar-refractivity contribution in [1.29, 1.82) is 0 Å². The number of hydrogen-bond acceptors (Lipinski definition) is 2. The Bertz CT molecular complexity index is 677. The molecule has 22 heavy (non-hydrogen) atoms. The number of aryl methyl sites for hydroxylation is 2. The molecule has 3 rings (SSSR count). The summed E-state index contributed by atoms with van der Waals surface area (Å²) in [6.45, 7) is 5.13. The normalized spacial score (nSPS) is 14.8. The second kappa shape index (κ2) is 5.71. The van der Waals surface area contributed by atoms with Crippen LogP contribution in [0.25, 0.3) is 11.3 Å². The smallest absolute Gasteiger partial charge is 0.264 e. The topological polar surface area (TPSA) is 21.1 Å². The number of aromatic nitrogens is 2. The molecule has 1 aliphatic heterocycles. The molecule has 0 atom stereocenters. The molecule has 0 fully saturated rings. The van der Waals surface area contributed by atoms with E-state index in [1.165, 1.54) is 0 Å². The summed E-state index contributed by atoms with van der Waals surface area (Å²) in [5.41, 5.74) is 3.34. The summed E-state index contributed by atoms with van der Waals surface area (Å²) in [7, 11) is 1.80. The zero-order valence-electron chi connectivity index (χ0n) is 13.2. The van der Waals surface area contributed by atoms with Crippen LogP contribution in [0, 0.1) is 0 Å². The van der Waals surface area contributed by atoms with Crippen molar-refractivity contribution in [3.05, 3.63) is 35.5 Å². The summed E-state index contributed by atoms with van der Waals surface area (Å²) in [4.78, 5) is 2.22. The lowest BCUT2D eigenvalue weighted by atomic mass is 9.93. The molecule has 3 nitrogen and oxygen atoms in total. The Balaban J connectivity index is 2.16. The fourth-order valence-corrected chi connectivity index (χ4v) is 3.17. The van der Waals surface area contributed by atoms with Crippen LogP contribution in [-0.2, 0) is 13.5 Å². The fraction of sp³-hybridized carbons (Fsp3) is 0.471. The molecule has 0 radical (unpaired) electrons. The van der Waals surface area contributed by atoms with Gasteiger partial charge in [0.25, 0.3) is 6.43 Å². The van der Waals surface area contributed by atoms with Gasteiger partial charge in [0.05, 0.1) is 5.69 Å². The SMILES string of the molecule is CC(C)N1CCCc2cc(-c3ccn(C)n3)c(C(F)F)cc21. The van der Waals surface area contributed by atoms with Crippen LogP contribution in [0.2, 0.25) is 0 Å². The molecule has 0 amide bonds.